The molecule has 0 saturated carbocycles. The first-order valence-electron chi connectivity index (χ1n) is 7.16. The summed E-state index contributed by atoms with van der Waals surface area (Å²) >= 11 is 1.45. The summed E-state index contributed by atoms with van der Waals surface area (Å²) in [6.07, 6.45) is 1.64. The van der Waals surface area contributed by atoms with E-state index in [4.69, 9.17) is 4.42 Å². The summed E-state index contributed by atoms with van der Waals surface area (Å²) in [5, 5.41) is 4.82. The molecular weight excluding hydrogens is 284 g/mol. The van der Waals surface area contributed by atoms with Crippen molar-refractivity contribution < 1.29 is 9.21 Å². The summed E-state index contributed by atoms with van der Waals surface area (Å²) < 4.78 is 5.84. The van der Waals surface area contributed by atoms with Crippen LogP contribution < -0.4 is 5.32 Å². The Morgan fingerprint density at radius 2 is 2.19 bits per heavy atom. The Kier molecular flexibility index (Phi) is 4.83. The van der Waals surface area contributed by atoms with Gasteiger partial charge in [-0.2, -0.15) is 0 Å². The molecule has 0 aromatic carbocycles. The molecule has 0 aliphatic rings. The van der Waals surface area contributed by atoms with Gasteiger partial charge in [-0.3, -0.25) is 4.79 Å². The first-order valence-corrected chi connectivity index (χ1v) is 8.04. The average Bonchev–Trinajstić information content (AvgIpc) is 3.03. The Morgan fingerprint density at radius 1 is 1.43 bits per heavy atom. The van der Waals surface area contributed by atoms with Crippen molar-refractivity contribution in [3.8, 4) is 0 Å². The van der Waals surface area contributed by atoms with Crippen LogP contribution in [0.15, 0.2) is 21.9 Å². The summed E-state index contributed by atoms with van der Waals surface area (Å²) in [6.45, 7) is 8.87. The zero-order valence-electron chi connectivity index (χ0n) is 13.0. The van der Waals surface area contributed by atoms with Crippen LogP contribution in [-0.4, -0.2) is 17.4 Å². The standard InChI is InChI=1S/C16H22N2O2S/c1-11-12(20-15(18-11)16(2,3)4)7-5-9-17-14(19)13-8-6-10-21-13/h6,8,10H,5,7,9H2,1-4H3,(H,17,19). The second kappa shape index (κ2) is 6.43. The van der Waals surface area contributed by atoms with Crippen molar-refractivity contribution in [1.29, 1.82) is 0 Å². The molecule has 4 nitrogen and oxygen atoms in total. The summed E-state index contributed by atoms with van der Waals surface area (Å²) in [7, 11) is 0. The van der Waals surface area contributed by atoms with Gasteiger partial charge in [0.15, 0.2) is 5.89 Å². The molecule has 2 aromatic heterocycles. The van der Waals surface area contributed by atoms with E-state index < -0.39 is 0 Å². The van der Waals surface area contributed by atoms with Crippen LogP contribution in [0.1, 0.15) is 54.2 Å². The second-order valence-corrected chi connectivity index (χ2v) is 7.06. The maximum absolute atomic E-state index is 11.8. The molecule has 114 valence electrons. The van der Waals surface area contributed by atoms with Crippen LogP contribution in [0.3, 0.4) is 0 Å². The van der Waals surface area contributed by atoms with Gasteiger partial charge in [0, 0.05) is 18.4 Å². The van der Waals surface area contributed by atoms with Gasteiger partial charge < -0.3 is 9.73 Å². The van der Waals surface area contributed by atoms with Crippen molar-refractivity contribution in [2.45, 2.75) is 46.0 Å². The minimum absolute atomic E-state index is 0.00493. The molecule has 0 atom stereocenters. The maximum atomic E-state index is 11.8. The molecule has 1 N–H and O–H groups in total. The van der Waals surface area contributed by atoms with Gasteiger partial charge in [-0.25, -0.2) is 4.98 Å². The first kappa shape index (κ1) is 15.8. The van der Waals surface area contributed by atoms with Gasteiger partial charge in [-0.15, -0.1) is 11.3 Å². The lowest BCUT2D eigenvalue weighted by Gasteiger charge is -2.12. The van der Waals surface area contributed by atoms with Crippen molar-refractivity contribution in [3.05, 3.63) is 39.7 Å². The minimum Gasteiger partial charge on any atom is -0.445 e. The Balaban J connectivity index is 1.81. The van der Waals surface area contributed by atoms with Crippen molar-refractivity contribution in [3.63, 3.8) is 0 Å². The fraction of sp³-hybridized carbons (Fsp3) is 0.500. The van der Waals surface area contributed by atoms with Crippen LogP contribution in [0.2, 0.25) is 0 Å². The smallest absolute Gasteiger partial charge is 0.261 e. The molecule has 5 heteroatoms. The average molecular weight is 306 g/mol. The third-order valence-corrected chi connectivity index (χ3v) is 4.01. The van der Waals surface area contributed by atoms with Crippen LogP contribution in [0, 0.1) is 6.92 Å². The fourth-order valence-electron chi connectivity index (χ4n) is 1.93. The van der Waals surface area contributed by atoms with Crippen LogP contribution in [0.25, 0.3) is 0 Å². The van der Waals surface area contributed by atoms with E-state index in [0.717, 1.165) is 35.1 Å². The zero-order chi connectivity index (χ0) is 15.5. The molecule has 0 spiro atoms. The molecule has 0 aliphatic carbocycles. The quantitative estimate of drug-likeness (QED) is 0.857. The van der Waals surface area contributed by atoms with Crippen molar-refractivity contribution in [2.75, 3.05) is 6.54 Å². The first-order chi connectivity index (χ1) is 9.88. The molecule has 0 fully saturated rings. The third-order valence-electron chi connectivity index (χ3n) is 3.15. The summed E-state index contributed by atoms with van der Waals surface area (Å²) in [5.74, 6) is 1.69. The van der Waals surface area contributed by atoms with E-state index in [9.17, 15) is 4.79 Å². The number of nitrogens with zero attached hydrogens (tertiary/aromatic N) is 1. The lowest BCUT2D eigenvalue weighted by Crippen LogP contribution is -2.23. The second-order valence-electron chi connectivity index (χ2n) is 6.11. The molecule has 0 unspecified atom stereocenters. The SMILES string of the molecule is Cc1nc(C(C)(C)C)oc1CCCNC(=O)c1cccs1. The van der Waals surface area contributed by atoms with Crippen LogP contribution in [0.4, 0.5) is 0 Å². The highest BCUT2D eigenvalue weighted by Crippen LogP contribution is 2.24. The number of aryl methyl sites for hydroxylation is 2. The maximum Gasteiger partial charge on any atom is 0.261 e. The van der Waals surface area contributed by atoms with Gasteiger partial charge in [0.2, 0.25) is 0 Å². The van der Waals surface area contributed by atoms with Gasteiger partial charge in [-0.1, -0.05) is 26.8 Å². The van der Waals surface area contributed by atoms with E-state index >= 15 is 0 Å². The van der Waals surface area contributed by atoms with Crippen molar-refractivity contribution >= 4 is 17.2 Å². The number of carbonyl (C=O) groups is 1. The number of oxazole rings is 1. The molecule has 21 heavy (non-hydrogen) atoms. The van der Waals surface area contributed by atoms with Gasteiger partial charge >= 0.3 is 0 Å². The molecule has 0 bridgehead atoms. The van der Waals surface area contributed by atoms with Crippen LogP contribution >= 0.6 is 11.3 Å². The fourth-order valence-corrected chi connectivity index (χ4v) is 2.57. The number of hydrogen-bond acceptors (Lipinski definition) is 4. The van der Waals surface area contributed by atoms with Gasteiger partial charge in [0.25, 0.3) is 5.91 Å². The predicted molar refractivity (Wildman–Crippen MR) is 84.9 cm³/mol. The molecule has 1 amide bonds. The summed E-state index contributed by atoms with van der Waals surface area (Å²) in [4.78, 5) is 17.0. The molecule has 2 heterocycles. The Labute approximate surface area is 129 Å². The Bertz CT molecular complexity index is 594. The van der Waals surface area contributed by atoms with Gasteiger partial charge in [0.1, 0.15) is 5.76 Å². The van der Waals surface area contributed by atoms with Crippen LogP contribution in [-0.2, 0) is 11.8 Å². The number of thiophene rings is 1. The summed E-state index contributed by atoms with van der Waals surface area (Å²) in [6, 6.07) is 3.71. The monoisotopic (exact) mass is 306 g/mol. The molecule has 0 radical (unpaired) electrons. The van der Waals surface area contributed by atoms with Crippen molar-refractivity contribution in [2.24, 2.45) is 0 Å². The summed E-state index contributed by atoms with van der Waals surface area (Å²) in [5.41, 5.74) is 0.876. The van der Waals surface area contributed by atoms with E-state index in [1.807, 2.05) is 24.4 Å². The minimum atomic E-state index is -0.0730. The number of carbonyl (C=O) groups excluding carboxylic acids is 1. The number of nitrogens with one attached hydrogen (secondary N) is 1. The highest BCUT2D eigenvalue weighted by molar-refractivity contribution is 7.12. The van der Waals surface area contributed by atoms with E-state index in [0.29, 0.717) is 6.54 Å². The van der Waals surface area contributed by atoms with E-state index in [1.54, 1.807) is 0 Å². The van der Waals surface area contributed by atoms with Crippen molar-refractivity contribution in [1.82, 2.24) is 10.3 Å². The normalized spacial score (nSPS) is 11.6. The molecule has 2 aromatic rings. The highest BCUT2D eigenvalue weighted by atomic mass is 32.1. The lowest BCUT2D eigenvalue weighted by molar-refractivity contribution is 0.0957. The zero-order valence-corrected chi connectivity index (χ0v) is 13.8. The largest absolute Gasteiger partial charge is 0.445 e. The topological polar surface area (TPSA) is 55.1 Å². The Morgan fingerprint density at radius 3 is 2.76 bits per heavy atom. The van der Waals surface area contributed by atoms with E-state index in [2.05, 4.69) is 31.1 Å². The number of amides is 1. The van der Waals surface area contributed by atoms with Crippen LogP contribution in [0.5, 0.6) is 0 Å². The third kappa shape index (κ3) is 4.17. The predicted octanol–water partition coefficient (Wildman–Crippen LogP) is 3.70. The number of aromatic nitrogens is 1. The van der Waals surface area contributed by atoms with Gasteiger partial charge in [-0.05, 0) is 24.8 Å². The highest BCUT2D eigenvalue weighted by Gasteiger charge is 2.22. The molecule has 2 rings (SSSR count). The molecule has 0 saturated heterocycles. The van der Waals surface area contributed by atoms with Gasteiger partial charge in [0.05, 0.1) is 10.6 Å². The molecule has 0 aliphatic heterocycles. The van der Waals surface area contributed by atoms with E-state index in [-0.39, 0.29) is 11.3 Å². The lowest BCUT2D eigenvalue weighted by atomic mass is 9.97. The van der Waals surface area contributed by atoms with E-state index in [1.165, 1.54) is 11.3 Å². The molecular formula is C16H22N2O2S. The number of hydrogen-bond donors (Lipinski definition) is 1. The number of rotatable bonds is 5. The Hall–Kier alpha value is -1.62.